The van der Waals surface area contributed by atoms with Crippen molar-refractivity contribution in [1.29, 1.82) is 0 Å². The summed E-state index contributed by atoms with van der Waals surface area (Å²) in [5.74, 6) is 6.41. The van der Waals surface area contributed by atoms with Crippen molar-refractivity contribution in [3.63, 3.8) is 0 Å². The van der Waals surface area contributed by atoms with Crippen LogP contribution in [0.4, 0.5) is 5.69 Å². The number of benzene rings is 2. The third-order valence-corrected chi connectivity index (χ3v) is 7.00. The molecular formula is C30H25N5O2S. The second-order valence-corrected chi connectivity index (χ2v) is 9.61. The molecule has 2 aliphatic rings. The van der Waals surface area contributed by atoms with Crippen molar-refractivity contribution in [2.24, 2.45) is 0 Å². The summed E-state index contributed by atoms with van der Waals surface area (Å²) in [5.41, 5.74) is 6.28. The average molecular weight is 520 g/mol. The molecule has 4 heterocycles. The number of carbonyl (C=O) groups excluding carboxylic acids is 1. The molecule has 2 fully saturated rings. The van der Waals surface area contributed by atoms with Crippen molar-refractivity contribution in [1.82, 2.24) is 20.2 Å². The molecule has 0 unspecified atom stereocenters. The number of carbonyl (C=O) groups is 1. The highest BCUT2D eigenvalue weighted by molar-refractivity contribution is 7.80. The van der Waals surface area contributed by atoms with Gasteiger partial charge in [-0.2, -0.15) is 0 Å². The van der Waals surface area contributed by atoms with Crippen molar-refractivity contribution in [3.05, 3.63) is 89.7 Å². The second-order valence-electron chi connectivity index (χ2n) is 9.22. The summed E-state index contributed by atoms with van der Waals surface area (Å²) in [6.45, 7) is 4.69. The molecule has 0 aliphatic carbocycles. The predicted molar refractivity (Wildman–Crippen MR) is 152 cm³/mol. The standard InChI is InChI=1S/C30H25N5O2S/c36-29-19-32-30(38)35(29)28-17-27(33-26-11-12-31-18-25(26)28)24-9-7-22(8-10-24)2-1-21-3-5-23(6-4-21)20-34-13-15-37-16-14-34/h3-12,17-18H,13-16,19-20H2,(H,32,38). The van der Waals surface area contributed by atoms with Crippen LogP contribution in [-0.2, 0) is 16.1 Å². The fourth-order valence-corrected chi connectivity index (χ4v) is 4.90. The third-order valence-electron chi connectivity index (χ3n) is 6.67. The summed E-state index contributed by atoms with van der Waals surface area (Å²) in [6.07, 6.45) is 3.41. The topological polar surface area (TPSA) is 70.6 Å². The zero-order valence-electron chi connectivity index (χ0n) is 20.7. The molecule has 1 N–H and O–H groups in total. The molecule has 2 aliphatic heterocycles. The number of ether oxygens (including phenoxy) is 1. The number of amides is 1. The van der Waals surface area contributed by atoms with Crippen LogP contribution in [0.5, 0.6) is 0 Å². The SMILES string of the molecule is O=C1CNC(=S)N1c1cc(-c2ccc(C#Cc3ccc(CN4CCOCC4)cc3)cc2)nc2ccncc12. The van der Waals surface area contributed by atoms with E-state index in [1.807, 2.05) is 36.4 Å². The van der Waals surface area contributed by atoms with E-state index in [0.29, 0.717) is 10.8 Å². The molecule has 0 radical (unpaired) electrons. The third kappa shape index (κ3) is 5.13. The van der Waals surface area contributed by atoms with E-state index in [9.17, 15) is 4.79 Å². The number of aromatic nitrogens is 2. The molecule has 2 aromatic carbocycles. The molecular weight excluding hydrogens is 494 g/mol. The Bertz CT molecular complexity index is 1550. The van der Waals surface area contributed by atoms with E-state index in [2.05, 4.69) is 51.3 Å². The average Bonchev–Trinajstić information content (AvgIpc) is 3.30. The van der Waals surface area contributed by atoms with E-state index < -0.39 is 0 Å². The zero-order chi connectivity index (χ0) is 25.9. The molecule has 188 valence electrons. The van der Waals surface area contributed by atoms with Crippen LogP contribution in [0, 0.1) is 11.8 Å². The molecule has 8 heteroatoms. The number of thiocarbonyl (C=S) groups is 1. The Balaban J connectivity index is 1.22. The minimum Gasteiger partial charge on any atom is -0.379 e. The van der Waals surface area contributed by atoms with Crippen LogP contribution in [0.2, 0.25) is 0 Å². The molecule has 6 rings (SSSR count). The Morgan fingerprint density at radius 2 is 1.68 bits per heavy atom. The fraction of sp³-hybridized carbons (Fsp3) is 0.200. The highest BCUT2D eigenvalue weighted by Crippen LogP contribution is 2.31. The minimum atomic E-state index is -0.1000. The number of nitrogens with zero attached hydrogens (tertiary/aromatic N) is 4. The maximum absolute atomic E-state index is 12.5. The molecule has 2 aromatic heterocycles. The van der Waals surface area contributed by atoms with E-state index in [-0.39, 0.29) is 12.5 Å². The monoisotopic (exact) mass is 519 g/mol. The van der Waals surface area contributed by atoms with Crippen LogP contribution in [-0.4, -0.2) is 58.7 Å². The maximum Gasteiger partial charge on any atom is 0.252 e. The van der Waals surface area contributed by atoms with Crippen molar-refractivity contribution >= 4 is 39.8 Å². The van der Waals surface area contributed by atoms with Gasteiger partial charge in [-0.3, -0.25) is 19.6 Å². The highest BCUT2D eigenvalue weighted by atomic mass is 32.1. The largest absolute Gasteiger partial charge is 0.379 e. The van der Waals surface area contributed by atoms with Crippen LogP contribution < -0.4 is 10.2 Å². The smallest absolute Gasteiger partial charge is 0.252 e. The van der Waals surface area contributed by atoms with E-state index in [0.717, 1.165) is 66.1 Å². The van der Waals surface area contributed by atoms with E-state index in [1.54, 1.807) is 12.4 Å². The number of hydrogen-bond acceptors (Lipinski definition) is 6. The summed E-state index contributed by atoms with van der Waals surface area (Å²) in [4.78, 5) is 25.5. The van der Waals surface area contributed by atoms with Crippen molar-refractivity contribution < 1.29 is 9.53 Å². The van der Waals surface area contributed by atoms with Crippen LogP contribution in [0.1, 0.15) is 16.7 Å². The highest BCUT2D eigenvalue weighted by Gasteiger charge is 2.29. The van der Waals surface area contributed by atoms with Gasteiger partial charge in [0.05, 0.1) is 36.7 Å². The summed E-state index contributed by atoms with van der Waals surface area (Å²) < 4.78 is 5.43. The van der Waals surface area contributed by atoms with E-state index in [4.69, 9.17) is 21.9 Å². The number of nitrogens with one attached hydrogen (secondary N) is 1. The molecule has 0 bridgehead atoms. The summed E-state index contributed by atoms with van der Waals surface area (Å²) >= 11 is 5.38. The summed E-state index contributed by atoms with van der Waals surface area (Å²) in [6, 6.07) is 20.1. The molecule has 7 nitrogen and oxygen atoms in total. The van der Waals surface area contributed by atoms with Crippen LogP contribution in [0.15, 0.2) is 73.1 Å². The Morgan fingerprint density at radius 1 is 0.974 bits per heavy atom. The van der Waals surface area contributed by atoms with Crippen LogP contribution in [0.25, 0.3) is 22.2 Å². The molecule has 0 saturated carbocycles. The van der Waals surface area contributed by atoms with Crippen LogP contribution in [0.3, 0.4) is 0 Å². The minimum absolute atomic E-state index is 0.1000. The van der Waals surface area contributed by atoms with Gasteiger partial charge in [-0.1, -0.05) is 36.1 Å². The van der Waals surface area contributed by atoms with Gasteiger partial charge in [-0.15, -0.1) is 0 Å². The molecule has 38 heavy (non-hydrogen) atoms. The van der Waals surface area contributed by atoms with Gasteiger partial charge in [0.2, 0.25) is 0 Å². The lowest BCUT2D eigenvalue weighted by Crippen LogP contribution is -2.35. The van der Waals surface area contributed by atoms with Gasteiger partial charge in [-0.05, 0) is 54.2 Å². The van der Waals surface area contributed by atoms with Gasteiger partial charge in [0.1, 0.15) is 0 Å². The Hall–Kier alpha value is -4.16. The number of morpholine rings is 1. The lowest BCUT2D eigenvalue weighted by Gasteiger charge is -2.26. The number of fused-ring (bicyclic) bond motifs is 1. The molecule has 4 aromatic rings. The summed E-state index contributed by atoms with van der Waals surface area (Å²) in [5, 5.41) is 4.10. The first-order valence-electron chi connectivity index (χ1n) is 12.5. The van der Waals surface area contributed by atoms with Crippen molar-refractivity contribution in [3.8, 4) is 23.1 Å². The van der Waals surface area contributed by atoms with Gasteiger partial charge in [0, 0.05) is 54.1 Å². The van der Waals surface area contributed by atoms with Crippen molar-refractivity contribution in [2.75, 3.05) is 37.7 Å². The normalized spacial score (nSPS) is 15.8. The number of rotatable bonds is 4. The van der Waals surface area contributed by atoms with Gasteiger partial charge in [0.25, 0.3) is 5.91 Å². The first-order valence-corrected chi connectivity index (χ1v) is 12.9. The number of anilines is 1. The fourth-order valence-electron chi connectivity index (χ4n) is 4.63. The molecule has 1 amide bonds. The van der Waals surface area contributed by atoms with E-state index >= 15 is 0 Å². The van der Waals surface area contributed by atoms with Crippen LogP contribution >= 0.6 is 12.2 Å². The van der Waals surface area contributed by atoms with Gasteiger partial charge in [0.15, 0.2) is 5.11 Å². The lowest BCUT2D eigenvalue weighted by atomic mass is 10.1. The van der Waals surface area contributed by atoms with Gasteiger partial charge >= 0.3 is 0 Å². The quantitative estimate of drug-likeness (QED) is 0.325. The summed E-state index contributed by atoms with van der Waals surface area (Å²) in [7, 11) is 0. The number of pyridine rings is 2. The Labute approximate surface area is 226 Å². The Morgan fingerprint density at radius 3 is 2.37 bits per heavy atom. The zero-order valence-corrected chi connectivity index (χ0v) is 21.5. The first-order chi connectivity index (χ1) is 18.6. The van der Waals surface area contributed by atoms with Gasteiger partial charge < -0.3 is 10.1 Å². The number of hydrogen-bond donors (Lipinski definition) is 1. The van der Waals surface area contributed by atoms with Crippen molar-refractivity contribution in [2.45, 2.75) is 6.54 Å². The molecule has 0 spiro atoms. The maximum atomic E-state index is 12.5. The molecule has 0 atom stereocenters. The molecule has 2 saturated heterocycles. The van der Waals surface area contributed by atoms with E-state index in [1.165, 1.54) is 10.5 Å². The first kappa shape index (κ1) is 24.2. The lowest BCUT2D eigenvalue weighted by molar-refractivity contribution is -0.115. The predicted octanol–water partition coefficient (Wildman–Crippen LogP) is 3.75. The Kier molecular flexibility index (Phi) is 6.80. The second kappa shape index (κ2) is 10.7. The van der Waals surface area contributed by atoms with Gasteiger partial charge in [-0.25, -0.2) is 4.98 Å².